The molecule has 1 fully saturated rings. The average Bonchev–Trinajstić information content (AvgIpc) is 2.45. The molecule has 0 bridgehead atoms. The highest BCUT2D eigenvalue weighted by Crippen LogP contribution is 2.26. The Morgan fingerprint density at radius 3 is 2.67 bits per heavy atom. The van der Waals surface area contributed by atoms with E-state index in [9.17, 15) is 9.59 Å². The van der Waals surface area contributed by atoms with Crippen molar-refractivity contribution in [2.75, 3.05) is 33.9 Å². The maximum absolute atomic E-state index is 12.5. The second kappa shape index (κ2) is 8.22. The fourth-order valence-electron chi connectivity index (χ4n) is 2.85. The van der Waals surface area contributed by atoms with Gasteiger partial charge in [-0.1, -0.05) is 6.92 Å². The lowest BCUT2D eigenvalue weighted by Gasteiger charge is -2.38. The minimum atomic E-state index is -0.767. The first-order chi connectivity index (χ1) is 9.86. The van der Waals surface area contributed by atoms with Gasteiger partial charge in [0.2, 0.25) is 0 Å². The van der Waals surface area contributed by atoms with Crippen LogP contribution in [0.5, 0.6) is 0 Å². The first-order valence-electron chi connectivity index (χ1n) is 7.59. The number of likely N-dealkylation sites (N-methyl/N-ethyl adjacent to an activating group) is 1. The number of ether oxygens (including phenoxy) is 1. The summed E-state index contributed by atoms with van der Waals surface area (Å²) in [5.74, 6) is -0.401. The van der Waals surface area contributed by atoms with E-state index in [-0.39, 0.29) is 30.3 Å². The molecule has 1 heterocycles. The number of carboxylic acids is 1. The molecule has 21 heavy (non-hydrogen) atoms. The van der Waals surface area contributed by atoms with E-state index in [0.717, 1.165) is 19.4 Å². The van der Waals surface area contributed by atoms with Gasteiger partial charge in [-0.05, 0) is 31.6 Å². The summed E-state index contributed by atoms with van der Waals surface area (Å²) in [5, 5.41) is 8.91. The molecule has 0 radical (unpaired) electrons. The van der Waals surface area contributed by atoms with Crippen LogP contribution in [-0.4, -0.2) is 66.8 Å². The maximum atomic E-state index is 12.5. The minimum Gasteiger partial charge on any atom is -0.481 e. The van der Waals surface area contributed by atoms with Crippen LogP contribution >= 0.6 is 0 Å². The zero-order chi connectivity index (χ0) is 16.0. The van der Waals surface area contributed by atoms with Crippen LogP contribution in [0.1, 0.15) is 33.1 Å². The van der Waals surface area contributed by atoms with Crippen molar-refractivity contribution < 1.29 is 19.4 Å². The van der Waals surface area contributed by atoms with Gasteiger partial charge in [-0.25, -0.2) is 4.79 Å². The lowest BCUT2D eigenvalue weighted by molar-refractivity contribution is -0.138. The quantitative estimate of drug-likeness (QED) is 0.813. The van der Waals surface area contributed by atoms with Crippen LogP contribution in [0.2, 0.25) is 0 Å². The molecular weight excluding hydrogens is 272 g/mol. The molecule has 3 unspecified atom stereocenters. The SMILES string of the molecule is COCC(C)N(C)C(=O)N1CCCC(C(C)CC(=O)O)C1. The lowest BCUT2D eigenvalue weighted by Crippen LogP contribution is -2.50. The summed E-state index contributed by atoms with van der Waals surface area (Å²) in [6.07, 6.45) is 2.10. The van der Waals surface area contributed by atoms with E-state index < -0.39 is 5.97 Å². The third-order valence-corrected chi connectivity index (χ3v) is 4.40. The minimum absolute atomic E-state index is 0.00627. The van der Waals surface area contributed by atoms with Crippen molar-refractivity contribution in [3.05, 3.63) is 0 Å². The number of amides is 2. The van der Waals surface area contributed by atoms with Gasteiger partial charge in [0.05, 0.1) is 12.6 Å². The van der Waals surface area contributed by atoms with E-state index in [1.54, 1.807) is 19.1 Å². The van der Waals surface area contributed by atoms with Gasteiger partial charge >= 0.3 is 12.0 Å². The van der Waals surface area contributed by atoms with Gasteiger partial charge in [-0.15, -0.1) is 0 Å². The molecule has 0 aromatic heterocycles. The Morgan fingerprint density at radius 2 is 2.10 bits per heavy atom. The average molecular weight is 300 g/mol. The van der Waals surface area contributed by atoms with E-state index in [0.29, 0.717) is 13.2 Å². The summed E-state index contributed by atoms with van der Waals surface area (Å²) in [5.41, 5.74) is 0. The van der Waals surface area contributed by atoms with Crippen molar-refractivity contribution in [1.82, 2.24) is 9.80 Å². The van der Waals surface area contributed by atoms with Crippen molar-refractivity contribution >= 4 is 12.0 Å². The molecule has 6 heteroatoms. The van der Waals surface area contributed by atoms with Crippen LogP contribution in [0.4, 0.5) is 4.79 Å². The fraction of sp³-hybridized carbons (Fsp3) is 0.867. The molecule has 1 aliphatic heterocycles. The van der Waals surface area contributed by atoms with Crippen molar-refractivity contribution in [2.24, 2.45) is 11.8 Å². The highest BCUT2D eigenvalue weighted by atomic mass is 16.5. The Balaban J connectivity index is 2.58. The predicted molar refractivity (Wildman–Crippen MR) is 80.2 cm³/mol. The number of carbonyl (C=O) groups excluding carboxylic acids is 1. The molecule has 2 amide bonds. The first kappa shape index (κ1) is 17.8. The van der Waals surface area contributed by atoms with Crippen molar-refractivity contribution in [3.63, 3.8) is 0 Å². The van der Waals surface area contributed by atoms with Gasteiger partial charge in [-0.2, -0.15) is 0 Å². The summed E-state index contributed by atoms with van der Waals surface area (Å²) in [4.78, 5) is 26.9. The zero-order valence-electron chi connectivity index (χ0n) is 13.5. The number of aliphatic carboxylic acids is 1. The van der Waals surface area contributed by atoms with E-state index in [4.69, 9.17) is 9.84 Å². The molecule has 0 aromatic rings. The highest BCUT2D eigenvalue weighted by molar-refractivity contribution is 5.74. The molecule has 1 saturated heterocycles. The number of hydrogen-bond acceptors (Lipinski definition) is 3. The van der Waals surface area contributed by atoms with Gasteiger partial charge in [-0.3, -0.25) is 4.79 Å². The van der Waals surface area contributed by atoms with E-state index in [1.807, 2.05) is 18.7 Å². The van der Waals surface area contributed by atoms with Gasteiger partial charge in [0.1, 0.15) is 0 Å². The van der Waals surface area contributed by atoms with Crippen molar-refractivity contribution in [3.8, 4) is 0 Å². The molecule has 1 aliphatic rings. The number of methoxy groups -OCH3 is 1. The van der Waals surface area contributed by atoms with Crippen LogP contribution in [0, 0.1) is 11.8 Å². The van der Waals surface area contributed by atoms with Crippen LogP contribution in [0.25, 0.3) is 0 Å². The zero-order valence-corrected chi connectivity index (χ0v) is 13.5. The number of carboxylic acid groups (broad SMARTS) is 1. The maximum Gasteiger partial charge on any atom is 0.320 e. The molecule has 1 N–H and O–H groups in total. The molecular formula is C15H28N2O4. The third-order valence-electron chi connectivity index (χ3n) is 4.40. The summed E-state index contributed by atoms with van der Waals surface area (Å²) < 4.78 is 5.09. The van der Waals surface area contributed by atoms with Crippen LogP contribution in [-0.2, 0) is 9.53 Å². The van der Waals surface area contributed by atoms with Gasteiger partial charge in [0.15, 0.2) is 0 Å². The monoisotopic (exact) mass is 300 g/mol. The number of rotatable bonds is 6. The summed E-state index contributed by atoms with van der Waals surface area (Å²) in [7, 11) is 3.41. The van der Waals surface area contributed by atoms with Gasteiger partial charge in [0.25, 0.3) is 0 Å². The van der Waals surface area contributed by atoms with Gasteiger partial charge in [0, 0.05) is 33.7 Å². The van der Waals surface area contributed by atoms with Crippen molar-refractivity contribution in [2.45, 2.75) is 39.2 Å². The number of hydrogen-bond donors (Lipinski definition) is 1. The molecule has 6 nitrogen and oxygen atoms in total. The van der Waals surface area contributed by atoms with E-state index in [2.05, 4.69) is 0 Å². The number of likely N-dealkylation sites (tertiary alicyclic amines) is 1. The molecule has 3 atom stereocenters. The van der Waals surface area contributed by atoms with Crippen LogP contribution in [0.3, 0.4) is 0 Å². The molecule has 0 aromatic carbocycles. The summed E-state index contributed by atoms with van der Waals surface area (Å²) in [6.45, 7) is 5.82. The Kier molecular flexibility index (Phi) is 6.95. The Hall–Kier alpha value is -1.30. The molecule has 0 aliphatic carbocycles. The number of nitrogens with zero attached hydrogens (tertiary/aromatic N) is 2. The number of urea groups is 1. The van der Waals surface area contributed by atoms with E-state index >= 15 is 0 Å². The topological polar surface area (TPSA) is 70.1 Å². The van der Waals surface area contributed by atoms with Crippen LogP contribution < -0.4 is 0 Å². The molecule has 1 rings (SSSR count). The molecule has 122 valence electrons. The van der Waals surface area contributed by atoms with E-state index in [1.165, 1.54) is 0 Å². The fourth-order valence-corrected chi connectivity index (χ4v) is 2.85. The second-order valence-electron chi connectivity index (χ2n) is 6.12. The first-order valence-corrected chi connectivity index (χ1v) is 7.59. The summed E-state index contributed by atoms with van der Waals surface area (Å²) in [6, 6.07) is 0.0334. The highest BCUT2D eigenvalue weighted by Gasteiger charge is 2.30. The number of piperidine rings is 1. The molecule has 0 saturated carbocycles. The number of carbonyl (C=O) groups is 2. The normalized spacial score (nSPS) is 21.7. The molecule has 0 spiro atoms. The Morgan fingerprint density at radius 1 is 1.43 bits per heavy atom. The smallest absolute Gasteiger partial charge is 0.320 e. The van der Waals surface area contributed by atoms with Crippen LogP contribution in [0.15, 0.2) is 0 Å². The second-order valence-corrected chi connectivity index (χ2v) is 6.12. The Bertz CT molecular complexity index is 362. The third kappa shape index (κ3) is 5.19. The lowest BCUT2D eigenvalue weighted by atomic mass is 9.85. The Labute approximate surface area is 127 Å². The van der Waals surface area contributed by atoms with Crippen molar-refractivity contribution in [1.29, 1.82) is 0 Å². The van der Waals surface area contributed by atoms with Gasteiger partial charge < -0.3 is 19.6 Å². The summed E-state index contributed by atoms with van der Waals surface area (Å²) >= 11 is 0. The predicted octanol–water partition coefficient (Wildman–Crippen LogP) is 1.90. The standard InChI is InChI=1S/C15H28N2O4/c1-11(8-14(18)19)13-6-5-7-17(9-13)15(20)16(3)12(2)10-21-4/h11-13H,5-10H2,1-4H3,(H,18,19). The largest absolute Gasteiger partial charge is 0.481 e.